The van der Waals surface area contributed by atoms with E-state index in [0.717, 1.165) is 16.5 Å². The van der Waals surface area contributed by atoms with E-state index in [-0.39, 0.29) is 17.1 Å². The second kappa shape index (κ2) is 5.03. The van der Waals surface area contributed by atoms with Crippen LogP contribution in [0.3, 0.4) is 0 Å². The number of aromatic amines is 1. The lowest BCUT2D eigenvalue weighted by molar-refractivity contribution is -0.121. The summed E-state index contributed by atoms with van der Waals surface area (Å²) < 4.78 is 13.2. The summed E-state index contributed by atoms with van der Waals surface area (Å²) in [7, 11) is 0. The first kappa shape index (κ1) is 13.6. The molecule has 0 aliphatic carbocycles. The summed E-state index contributed by atoms with van der Waals surface area (Å²) in [6.07, 6.45) is 2.37. The quantitative estimate of drug-likeness (QED) is 0.873. The molecule has 19 heavy (non-hydrogen) atoms. The maximum Gasteiger partial charge on any atom is 0.219 e. The smallest absolute Gasteiger partial charge is 0.219 e. The van der Waals surface area contributed by atoms with Crippen LogP contribution < -0.4 is 5.32 Å². The van der Waals surface area contributed by atoms with E-state index in [9.17, 15) is 9.18 Å². The molecule has 0 bridgehead atoms. The molecule has 0 aliphatic heterocycles. The standard InChI is InChI=1S/C15H19FN2O/c1-4-14(19)18-9-15(2,3)12-8-17-13-7-10(16)5-6-11(12)13/h5-8,17H,4,9H2,1-3H3,(H,18,19). The van der Waals surface area contributed by atoms with Crippen LogP contribution in [0.5, 0.6) is 0 Å². The Labute approximate surface area is 112 Å². The molecular formula is C15H19FN2O. The van der Waals surface area contributed by atoms with Crippen molar-refractivity contribution >= 4 is 16.8 Å². The van der Waals surface area contributed by atoms with Crippen molar-refractivity contribution in [3.05, 3.63) is 35.8 Å². The van der Waals surface area contributed by atoms with Gasteiger partial charge in [-0.25, -0.2) is 4.39 Å². The molecule has 0 fully saturated rings. The molecule has 0 unspecified atom stereocenters. The van der Waals surface area contributed by atoms with Crippen LogP contribution in [0.25, 0.3) is 10.9 Å². The van der Waals surface area contributed by atoms with Crippen LogP contribution in [0, 0.1) is 5.82 Å². The van der Waals surface area contributed by atoms with E-state index in [1.807, 2.05) is 13.1 Å². The van der Waals surface area contributed by atoms with Crippen molar-refractivity contribution in [3.63, 3.8) is 0 Å². The maximum absolute atomic E-state index is 13.2. The summed E-state index contributed by atoms with van der Waals surface area (Å²) in [6, 6.07) is 4.72. The molecular weight excluding hydrogens is 243 g/mol. The molecule has 0 spiro atoms. The second-order valence-corrected chi connectivity index (χ2v) is 5.41. The highest BCUT2D eigenvalue weighted by Crippen LogP contribution is 2.30. The number of carbonyl (C=O) groups is 1. The van der Waals surface area contributed by atoms with Gasteiger partial charge in [0.25, 0.3) is 0 Å². The van der Waals surface area contributed by atoms with Crippen molar-refractivity contribution < 1.29 is 9.18 Å². The Hall–Kier alpha value is -1.84. The normalized spacial score (nSPS) is 11.8. The van der Waals surface area contributed by atoms with E-state index >= 15 is 0 Å². The van der Waals surface area contributed by atoms with Gasteiger partial charge in [-0.3, -0.25) is 4.79 Å². The van der Waals surface area contributed by atoms with Crippen molar-refractivity contribution in [2.45, 2.75) is 32.6 Å². The molecule has 1 aromatic carbocycles. The third-order valence-electron chi connectivity index (χ3n) is 3.42. The van der Waals surface area contributed by atoms with Gasteiger partial charge >= 0.3 is 0 Å². The molecule has 0 aliphatic rings. The Morgan fingerprint density at radius 1 is 1.42 bits per heavy atom. The lowest BCUT2D eigenvalue weighted by Crippen LogP contribution is -2.36. The molecule has 1 aromatic heterocycles. The zero-order valence-electron chi connectivity index (χ0n) is 11.5. The van der Waals surface area contributed by atoms with Crippen LogP contribution in [0.4, 0.5) is 4.39 Å². The highest BCUT2D eigenvalue weighted by atomic mass is 19.1. The Morgan fingerprint density at radius 2 is 2.16 bits per heavy atom. The predicted molar refractivity (Wildman–Crippen MR) is 74.6 cm³/mol. The molecule has 3 nitrogen and oxygen atoms in total. The van der Waals surface area contributed by atoms with Gasteiger partial charge in [0.05, 0.1) is 0 Å². The minimum Gasteiger partial charge on any atom is -0.361 e. The average Bonchev–Trinajstić information content (AvgIpc) is 2.79. The molecule has 2 aromatic rings. The fourth-order valence-electron chi connectivity index (χ4n) is 2.20. The number of benzene rings is 1. The summed E-state index contributed by atoms with van der Waals surface area (Å²) in [6.45, 7) is 6.52. The van der Waals surface area contributed by atoms with Gasteiger partial charge in [0.15, 0.2) is 0 Å². The summed E-state index contributed by atoms with van der Waals surface area (Å²) >= 11 is 0. The number of rotatable bonds is 4. The van der Waals surface area contributed by atoms with Gasteiger partial charge in [-0.05, 0) is 23.8 Å². The van der Waals surface area contributed by atoms with Crippen molar-refractivity contribution in [2.75, 3.05) is 6.54 Å². The molecule has 0 saturated carbocycles. The van der Waals surface area contributed by atoms with Crippen LogP contribution in [0.1, 0.15) is 32.8 Å². The van der Waals surface area contributed by atoms with E-state index in [4.69, 9.17) is 0 Å². The molecule has 2 N–H and O–H groups in total. The topological polar surface area (TPSA) is 44.9 Å². The third-order valence-corrected chi connectivity index (χ3v) is 3.42. The maximum atomic E-state index is 13.2. The van der Waals surface area contributed by atoms with E-state index in [1.165, 1.54) is 12.1 Å². The zero-order chi connectivity index (χ0) is 14.0. The van der Waals surface area contributed by atoms with Crippen LogP contribution >= 0.6 is 0 Å². The number of aromatic nitrogens is 1. The summed E-state index contributed by atoms with van der Waals surface area (Å²) in [5, 5.41) is 3.91. The van der Waals surface area contributed by atoms with Gasteiger partial charge in [-0.1, -0.05) is 20.8 Å². The first-order valence-corrected chi connectivity index (χ1v) is 6.48. The highest BCUT2D eigenvalue weighted by Gasteiger charge is 2.24. The Morgan fingerprint density at radius 3 is 2.84 bits per heavy atom. The first-order valence-electron chi connectivity index (χ1n) is 6.48. The van der Waals surface area contributed by atoms with E-state index in [2.05, 4.69) is 24.1 Å². The fraction of sp³-hybridized carbons (Fsp3) is 0.400. The Balaban J connectivity index is 2.29. The number of halogens is 1. The number of amides is 1. The molecule has 102 valence electrons. The van der Waals surface area contributed by atoms with Gasteiger partial charge in [0.2, 0.25) is 5.91 Å². The summed E-state index contributed by atoms with van der Waals surface area (Å²) in [5.41, 5.74) is 1.66. The zero-order valence-corrected chi connectivity index (χ0v) is 11.5. The average molecular weight is 262 g/mol. The fourth-order valence-corrected chi connectivity index (χ4v) is 2.20. The molecule has 0 radical (unpaired) electrons. The van der Waals surface area contributed by atoms with E-state index < -0.39 is 0 Å². The van der Waals surface area contributed by atoms with E-state index in [0.29, 0.717) is 13.0 Å². The Bertz CT molecular complexity index is 601. The molecule has 0 saturated heterocycles. The number of fused-ring (bicyclic) bond motifs is 1. The number of carbonyl (C=O) groups excluding carboxylic acids is 1. The second-order valence-electron chi connectivity index (χ2n) is 5.41. The summed E-state index contributed by atoms with van der Waals surface area (Å²) in [4.78, 5) is 14.5. The summed E-state index contributed by atoms with van der Waals surface area (Å²) in [5.74, 6) is -0.211. The van der Waals surface area contributed by atoms with Crippen LogP contribution in [0.15, 0.2) is 24.4 Å². The van der Waals surface area contributed by atoms with Crippen LogP contribution in [-0.2, 0) is 10.2 Å². The molecule has 0 atom stereocenters. The van der Waals surface area contributed by atoms with E-state index in [1.54, 1.807) is 6.07 Å². The Kier molecular flexibility index (Phi) is 3.60. The molecule has 1 heterocycles. The number of hydrogen-bond donors (Lipinski definition) is 2. The van der Waals surface area contributed by atoms with Gasteiger partial charge in [0.1, 0.15) is 5.82 Å². The monoisotopic (exact) mass is 262 g/mol. The van der Waals surface area contributed by atoms with Gasteiger partial charge in [-0.15, -0.1) is 0 Å². The van der Waals surface area contributed by atoms with Crippen molar-refractivity contribution in [3.8, 4) is 0 Å². The highest BCUT2D eigenvalue weighted by molar-refractivity contribution is 5.84. The lowest BCUT2D eigenvalue weighted by Gasteiger charge is -2.24. The number of nitrogens with one attached hydrogen (secondary N) is 2. The minimum absolute atomic E-state index is 0.0407. The number of H-pyrrole nitrogens is 1. The predicted octanol–water partition coefficient (Wildman–Crippen LogP) is 3.11. The van der Waals surface area contributed by atoms with Gasteiger partial charge in [-0.2, -0.15) is 0 Å². The first-order chi connectivity index (χ1) is 8.94. The van der Waals surface area contributed by atoms with Gasteiger partial charge < -0.3 is 10.3 Å². The van der Waals surface area contributed by atoms with Gasteiger partial charge in [0, 0.05) is 35.5 Å². The van der Waals surface area contributed by atoms with Crippen LogP contribution in [-0.4, -0.2) is 17.4 Å². The third kappa shape index (κ3) is 2.78. The number of hydrogen-bond acceptors (Lipinski definition) is 1. The molecule has 1 amide bonds. The van der Waals surface area contributed by atoms with Crippen molar-refractivity contribution in [1.29, 1.82) is 0 Å². The molecule has 2 rings (SSSR count). The van der Waals surface area contributed by atoms with Crippen molar-refractivity contribution in [2.24, 2.45) is 0 Å². The molecule has 4 heteroatoms. The minimum atomic E-state index is -0.252. The SMILES string of the molecule is CCC(=O)NCC(C)(C)c1c[nH]c2cc(F)ccc12. The van der Waals surface area contributed by atoms with Crippen molar-refractivity contribution in [1.82, 2.24) is 10.3 Å². The lowest BCUT2D eigenvalue weighted by atomic mass is 9.84. The largest absolute Gasteiger partial charge is 0.361 e. The van der Waals surface area contributed by atoms with Crippen LogP contribution in [0.2, 0.25) is 0 Å².